The highest BCUT2D eigenvalue weighted by molar-refractivity contribution is 5.66. The first kappa shape index (κ1) is 27.5. The quantitative estimate of drug-likeness (QED) is 0.198. The summed E-state index contributed by atoms with van der Waals surface area (Å²) < 4.78 is 0. The third-order valence-electron chi connectivity index (χ3n) is 6.90. The Labute approximate surface area is 205 Å². The number of unbranched alkanes of at least 4 members (excludes halogenated alkanes) is 14. The Morgan fingerprint density at radius 3 is 1.15 bits per heavy atom. The highest BCUT2D eigenvalue weighted by Gasteiger charge is 2.06. The topological polar surface area (TPSA) is 12.0 Å². The number of hydrogen-bond donors (Lipinski definition) is 1. The zero-order valence-electron chi connectivity index (χ0n) is 21.8. The molecule has 2 aromatic carbocycles. The molecule has 1 nitrogen and oxygen atoms in total. The molecule has 2 rings (SSSR count). The monoisotopic (exact) mass is 449 g/mol. The van der Waals surface area contributed by atoms with Gasteiger partial charge in [0.1, 0.15) is 0 Å². The van der Waals surface area contributed by atoms with Crippen LogP contribution in [-0.4, -0.2) is 0 Å². The lowest BCUT2D eigenvalue weighted by Gasteiger charge is -2.15. The van der Waals surface area contributed by atoms with Crippen LogP contribution >= 0.6 is 0 Å². The molecule has 0 amide bonds. The van der Waals surface area contributed by atoms with Crippen LogP contribution in [0.15, 0.2) is 48.5 Å². The van der Waals surface area contributed by atoms with Crippen LogP contribution in [0.5, 0.6) is 0 Å². The third kappa shape index (κ3) is 12.3. The number of aryl methyl sites for hydroxylation is 2. The van der Waals surface area contributed by atoms with Gasteiger partial charge in [0.15, 0.2) is 0 Å². The van der Waals surface area contributed by atoms with Crippen LogP contribution in [0.1, 0.15) is 128 Å². The van der Waals surface area contributed by atoms with Gasteiger partial charge < -0.3 is 5.32 Å². The molecule has 33 heavy (non-hydrogen) atoms. The van der Waals surface area contributed by atoms with E-state index in [9.17, 15) is 0 Å². The summed E-state index contributed by atoms with van der Waals surface area (Å²) in [5, 5.41) is 3.79. The molecule has 0 aliphatic heterocycles. The lowest BCUT2D eigenvalue weighted by atomic mass is 10.0. The van der Waals surface area contributed by atoms with Crippen molar-refractivity contribution in [3.05, 3.63) is 59.7 Å². The number of rotatable bonds is 20. The van der Waals surface area contributed by atoms with Gasteiger partial charge in [0.2, 0.25) is 0 Å². The molecule has 184 valence electrons. The second-order valence-electron chi connectivity index (χ2n) is 9.89. The van der Waals surface area contributed by atoms with E-state index in [-0.39, 0.29) is 0 Å². The lowest BCUT2D eigenvalue weighted by molar-refractivity contribution is 0.556. The lowest BCUT2D eigenvalue weighted by Crippen LogP contribution is -2.00. The van der Waals surface area contributed by atoms with Gasteiger partial charge in [0.05, 0.1) is 0 Å². The van der Waals surface area contributed by atoms with Crippen molar-refractivity contribution >= 4 is 11.4 Å². The van der Waals surface area contributed by atoms with E-state index in [1.807, 2.05) is 0 Å². The van der Waals surface area contributed by atoms with Crippen LogP contribution in [0, 0.1) is 0 Å². The highest BCUT2D eigenvalue weighted by Crippen LogP contribution is 2.26. The first-order chi connectivity index (χ1) is 16.3. The number of hydrogen-bond acceptors (Lipinski definition) is 1. The Bertz CT molecular complexity index is 720. The first-order valence-corrected chi connectivity index (χ1v) is 14.3. The normalized spacial score (nSPS) is 11.1. The van der Waals surface area contributed by atoms with E-state index in [1.54, 1.807) is 0 Å². The van der Waals surface area contributed by atoms with Crippen molar-refractivity contribution in [2.24, 2.45) is 0 Å². The fourth-order valence-corrected chi connectivity index (χ4v) is 4.76. The van der Waals surface area contributed by atoms with E-state index in [1.165, 1.54) is 138 Å². The minimum atomic E-state index is 1.18. The van der Waals surface area contributed by atoms with Gasteiger partial charge in [-0.2, -0.15) is 0 Å². The number of anilines is 2. The fourth-order valence-electron chi connectivity index (χ4n) is 4.76. The van der Waals surface area contributed by atoms with Crippen molar-refractivity contribution in [1.82, 2.24) is 0 Å². The van der Waals surface area contributed by atoms with Gasteiger partial charge in [0.25, 0.3) is 0 Å². The van der Waals surface area contributed by atoms with Gasteiger partial charge in [-0.1, -0.05) is 140 Å². The van der Waals surface area contributed by atoms with Crippen molar-refractivity contribution in [2.45, 2.75) is 129 Å². The molecular formula is C32H51N. The van der Waals surface area contributed by atoms with E-state index in [0.29, 0.717) is 0 Å². The summed E-state index contributed by atoms with van der Waals surface area (Å²) in [7, 11) is 0. The molecule has 0 unspecified atom stereocenters. The molecule has 0 atom stereocenters. The van der Waals surface area contributed by atoms with Gasteiger partial charge >= 0.3 is 0 Å². The molecule has 0 saturated heterocycles. The number of benzene rings is 2. The summed E-state index contributed by atoms with van der Waals surface area (Å²) in [4.78, 5) is 0. The summed E-state index contributed by atoms with van der Waals surface area (Å²) in [6, 6.07) is 17.8. The molecule has 0 radical (unpaired) electrons. The van der Waals surface area contributed by atoms with Crippen LogP contribution < -0.4 is 5.32 Å². The Balaban J connectivity index is 1.74. The zero-order chi connectivity index (χ0) is 23.4. The Hall–Kier alpha value is -1.76. The van der Waals surface area contributed by atoms with Crippen LogP contribution in [-0.2, 0) is 12.8 Å². The maximum absolute atomic E-state index is 3.79. The second-order valence-corrected chi connectivity index (χ2v) is 9.89. The molecule has 0 fully saturated rings. The van der Waals surface area contributed by atoms with E-state index in [4.69, 9.17) is 0 Å². The summed E-state index contributed by atoms with van der Waals surface area (Å²) in [5.41, 5.74) is 5.51. The smallest absolute Gasteiger partial charge is 0.0416 e. The molecule has 2 aromatic rings. The maximum atomic E-state index is 3.79. The third-order valence-corrected chi connectivity index (χ3v) is 6.90. The van der Waals surface area contributed by atoms with Crippen molar-refractivity contribution < 1.29 is 0 Å². The van der Waals surface area contributed by atoms with Crippen LogP contribution in [0.2, 0.25) is 0 Å². The molecule has 0 saturated carbocycles. The summed E-state index contributed by atoms with van der Waals surface area (Å²) in [6.07, 6.45) is 24.4. The minimum absolute atomic E-state index is 1.18. The zero-order valence-corrected chi connectivity index (χ0v) is 21.8. The largest absolute Gasteiger partial charge is 0.355 e. The van der Waals surface area contributed by atoms with E-state index < -0.39 is 0 Å². The van der Waals surface area contributed by atoms with E-state index >= 15 is 0 Å². The van der Waals surface area contributed by atoms with Gasteiger partial charge in [-0.15, -0.1) is 0 Å². The molecule has 0 aliphatic rings. The van der Waals surface area contributed by atoms with Gasteiger partial charge in [-0.3, -0.25) is 0 Å². The average Bonchev–Trinajstić information content (AvgIpc) is 2.84. The maximum Gasteiger partial charge on any atom is 0.0416 e. The first-order valence-electron chi connectivity index (χ1n) is 14.3. The van der Waals surface area contributed by atoms with Crippen LogP contribution in [0.3, 0.4) is 0 Å². The standard InChI is InChI=1S/C32H51N/c1-3-5-7-9-11-12-13-14-16-18-24-30-26-20-22-28-32(30)33-31-27-21-19-25-29(31)23-17-15-10-8-6-4-2/h19-22,25-28,33H,3-18,23-24H2,1-2H3. The molecule has 0 bridgehead atoms. The molecular weight excluding hydrogens is 398 g/mol. The molecule has 0 aromatic heterocycles. The summed E-state index contributed by atoms with van der Waals surface area (Å²) in [5.74, 6) is 0. The Kier molecular flexibility index (Phi) is 15.5. The van der Waals surface area contributed by atoms with E-state index in [0.717, 1.165) is 0 Å². The summed E-state index contributed by atoms with van der Waals surface area (Å²) >= 11 is 0. The van der Waals surface area contributed by atoms with Gasteiger partial charge in [-0.05, 0) is 48.9 Å². The van der Waals surface area contributed by atoms with Crippen LogP contribution in [0.25, 0.3) is 0 Å². The van der Waals surface area contributed by atoms with Gasteiger partial charge in [0, 0.05) is 11.4 Å². The molecule has 1 N–H and O–H groups in total. The van der Waals surface area contributed by atoms with Crippen molar-refractivity contribution in [2.75, 3.05) is 5.32 Å². The molecule has 0 aliphatic carbocycles. The predicted molar refractivity (Wildman–Crippen MR) is 149 cm³/mol. The van der Waals surface area contributed by atoms with Crippen molar-refractivity contribution in [3.8, 4) is 0 Å². The molecule has 0 heterocycles. The fraction of sp³-hybridized carbons (Fsp3) is 0.625. The second kappa shape index (κ2) is 18.6. The Morgan fingerprint density at radius 2 is 0.758 bits per heavy atom. The predicted octanol–water partition coefficient (Wildman–Crippen LogP) is 10.8. The van der Waals surface area contributed by atoms with Crippen molar-refractivity contribution in [1.29, 1.82) is 0 Å². The number of nitrogens with one attached hydrogen (secondary N) is 1. The van der Waals surface area contributed by atoms with Crippen molar-refractivity contribution in [3.63, 3.8) is 0 Å². The number of para-hydroxylation sites is 2. The highest BCUT2D eigenvalue weighted by atomic mass is 14.9. The SMILES string of the molecule is CCCCCCCCCCCCc1ccccc1Nc1ccccc1CCCCCCCC. The van der Waals surface area contributed by atoms with Crippen LogP contribution in [0.4, 0.5) is 11.4 Å². The van der Waals surface area contributed by atoms with E-state index in [2.05, 4.69) is 67.7 Å². The molecule has 0 spiro atoms. The Morgan fingerprint density at radius 1 is 0.424 bits per heavy atom. The summed E-state index contributed by atoms with van der Waals surface area (Å²) in [6.45, 7) is 4.58. The average molecular weight is 450 g/mol. The minimum Gasteiger partial charge on any atom is -0.355 e. The molecule has 1 heteroatoms. The van der Waals surface area contributed by atoms with Gasteiger partial charge in [-0.25, -0.2) is 0 Å².